The highest BCUT2D eigenvalue weighted by atomic mass is 16.2. The predicted octanol–water partition coefficient (Wildman–Crippen LogP) is 4.44. The molecule has 0 saturated carbocycles. The maximum Gasteiger partial charge on any atom is 0.276 e. The number of carbonyl (C=O) groups excluding carboxylic acids is 1. The number of aromatic nitrogens is 4. The Hall–Kier alpha value is -3.54. The van der Waals surface area contributed by atoms with Gasteiger partial charge in [0.1, 0.15) is 5.69 Å². The molecular weight excluding hydrogens is 362 g/mol. The van der Waals surface area contributed by atoms with Crippen molar-refractivity contribution in [3.05, 3.63) is 83.9 Å². The Morgan fingerprint density at radius 2 is 1.83 bits per heavy atom. The molecule has 29 heavy (non-hydrogen) atoms. The molecule has 0 saturated heterocycles. The first-order valence-corrected chi connectivity index (χ1v) is 9.75. The van der Waals surface area contributed by atoms with Crippen LogP contribution in [0.25, 0.3) is 11.0 Å². The van der Waals surface area contributed by atoms with E-state index < -0.39 is 0 Å². The number of imidazole rings is 1. The van der Waals surface area contributed by atoms with Crippen LogP contribution < -0.4 is 5.32 Å². The van der Waals surface area contributed by atoms with Crippen LogP contribution in [0.15, 0.2) is 66.9 Å². The van der Waals surface area contributed by atoms with Crippen molar-refractivity contribution in [3.8, 4) is 0 Å². The lowest BCUT2D eigenvalue weighted by Gasteiger charge is -2.11. The van der Waals surface area contributed by atoms with Gasteiger partial charge in [-0.25, -0.2) is 9.97 Å². The second kappa shape index (κ2) is 8.22. The normalized spacial score (nSPS) is 11.1. The van der Waals surface area contributed by atoms with Crippen LogP contribution in [0.4, 0.5) is 5.95 Å². The van der Waals surface area contributed by atoms with Crippen LogP contribution in [0.1, 0.15) is 41.6 Å². The summed E-state index contributed by atoms with van der Waals surface area (Å²) in [6.07, 6.45) is 2.53. The summed E-state index contributed by atoms with van der Waals surface area (Å²) in [6.45, 7) is 4.77. The van der Waals surface area contributed by atoms with E-state index in [0.29, 0.717) is 18.2 Å². The molecule has 4 rings (SSSR count). The lowest BCUT2D eigenvalue weighted by molar-refractivity contribution is 0.102. The molecule has 6 heteroatoms. The Bertz CT molecular complexity index is 1130. The summed E-state index contributed by atoms with van der Waals surface area (Å²) in [5, 5.41) is 2.95. The minimum atomic E-state index is -0.262. The summed E-state index contributed by atoms with van der Waals surface area (Å²) in [4.78, 5) is 26.4. The minimum absolute atomic E-state index is 0.255. The molecule has 0 radical (unpaired) electrons. The average Bonchev–Trinajstić information content (AvgIpc) is 3.10. The number of carbonyl (C=O) groups is 1. The zero-order valence-electron chi connectivity index (χ0n) is 16.5. The molecule has 0 unspecified atom stereocenters. The lowest BCUT2D eigenvalue weighted by atomic mass is 10.1. The van der Waals surface area contributed by atoms with Gasteiger partial charge >= 0.3 is 0 Å². The van der Waals surface area contributed by atoms with Crippen LogP contribution in [0.3, 0.4) is 0 Å². The van der Waals surface area contributed by atoms with Gasteiger partial charge in [0.05, 0.1) is 11.0 Å². The number of hydrogen-bond acceptors (Lipinski definition) is 4. The maximum absolute atomic E-state index is 12.9. The standard InChI is InChI=1S/C23H23N5O/c1-16(2)18-10-7-11-20(25-18)22(29)27-23-26-19-9-3-4-12-21(19)28(23)15-13-17-8-5-6-14-24-17/h3-12,14,16H,13,15H2,1-2H3,(H,26,27,29). The summed E-state index contributed by atoms with van der Waals surface area (Å²) in [7, 11) is 0. The van der Waals surface area contributed by atoms with E-state index in [-0.39, 0.29) is 11.8 Å². The quantitative estimate of drug-likeness (QED) is 0.532. The SMILES string of the molecule is CC(C)c1cccc(C(=O)Nc2nc3ccccc3n2CCc2ccccn2)n1. The van der Waals surface area contributed by atoms with Gasteiger partial charge in [0, 0.05) is 30.6 Å². The van der Waals surface area contributed by atoms with Crippen molar-refractivity contribution in [1.82, 2.24) is 19.5 Å². The molecule has 1 amide bonds. The third-order valence-electron chi connectivity index (χ3n) is 4.79. The number of aryl methyl sites for hydroxylation is 2. The van der Waals surface area contributed by atoms with Crippen molar-refractivity contribution in [1.29, 1.82) is 0 Å². The number of amides is 1. The number of para-hydroxylation sites is 2. The molecule has 146 valence electrons. The van der Waals surface area contributed by atoms with Gasteiger partial charge in [0.25, 0.3) is 5.91 Å². The summed E-state index contributed by atoms with van der Waals surface area (Å²) in [6, 6.07) is 19.3. The van der Waals surface area contributed by atoms with E-state index in [1.807, 2.05) is 59.2 Å². The zero-order chi connectivity index (χ0) is 20.2. The minimum Gasteiger partial charge on any atom is -0.310 e. The molecule has 0 spiro atoms. The van der Waals surface area contributed by atoms with Crippen molar-refractivity contribution in [2.45, 2.75) is 32.7 Å². The Labute approximate surface area is 169 Å². The number of hydrogen-bond donors (Lipinski definition) is 1. The Morgan fingerprint density at radius 3 is 2.62 bits per heavy atom. The van der Waals surface area contributed by atoms with Gasteiger partial charge in [0.15, 0.2) is 0 Å². The Kier molecular flexibility index (Phi) is 5.33. The molecule has 1 N–H and O–H groups in total. The van der Waals surface area contributed by atoms with Crippen LogP contribution in [0.5, 0.6) is 0 Å². The number of rotatable bonds is 6. The summed E-state index contributed by atoms with van der Waals surface area (Å²) in [5.41, 5.74) is 4.09. The second-order valence-electron chi connectivity index (χ2n) is 7.20. The van der Waals surface area contributed by atoms with E-state index in [0.717, 1.165) is 28.8 Å². The van der Waals surface area contributed by atoms with Crippen molar-refractivity contribution in [2.75, 3.05) is 5.32 Å². The molecule has 0 atom stereocenters. The third-order valence-corrected chi connectivity index (χ3v) is 4.79. The van der Waals surface area contributed by atoms with Crippen LogP contribution >= 0.6 is 0 Å². The molecule has 0 fully saturated rings. The third kappa shape index (κ3) is 4.16. The number of nitrogens with one attached hydrogen (secondary N) is 1. The van der Waals surface area contributed by atoms with Crippen LogP contribution in [-0.4, -0.2) is 25.4 Å². The zero-order valence-corrected chi connectivity index (χ0v) is 16.5. The van der Waals surface area contributed by atoms with Gasteiger partial charge in [-0.2, -0.15) is 0 Å². The van der Waals surface area contributed by atoms with E-state index in [1.54, 1.807) is 12.3 Å². The molecule has 4 aromatic rings. The van der Waals surface area contributed by atoms with Crippen LogP contribution in [0.2, 0.25) is 0 Å². The van der Waals surface area contributed by atoms with Gasteiger partial charge < -0.3 is 4.57 Å². The molecule has 0 bridgehead atoms. The molecular formula is C23H23N5O. The first kappa shape index (κ1) is 18.8. The molecule has 0 aliphatic carbocycles. The lowest BCUT2D eigenvalue weighted by Crippen LogP contribution is -2.18. The monoisotopic (exact) mass is 385 g/mol. The van der Waals surface area contributed by atoms with E-state index in [4.69, 9.17) is 0 Å². The van der Waals surface area contributed by atoms with Crippen LogP contribution in [0, 0.1) is 0 Å². The Morgan fingerprint density at radius 1 is 1.00 bits per heavy atom. The van der Waals surface area contributed by atoms with Gasteiger partial charge in [-0.3, -0.25) is 15.1 Å². The highest BCUT2D eigenvalue weighted by molar-refractivity contribution is 6.02. The number of fused-ring (bicyclic) bond motifs is 1. The van der Waals surface area contributed by atoms with Crippen molar-refractivity contribution >= 4 is 22.9 Å². The smallest absolute Gasteiger partial charge is 0.276 e. The summed E-state index contributed by atoms with van der Waals surface area (Å²) < 4.78 is 2.02. The highest BCUT2D eigenvalue weighted by Gasteiger charge is 2.16. The van der Waals surface area contributed by atoms with Gasteiger partial charge in [-0.05, 0) is 42.3 Å². The van der Waals surface area contributed by atoms with E-state index in [2.05, 4.69) is 34.1 Å². The predicted molar refractivity (Wildman–Crippen MR) is 114 cm³/mol. The van der Waals surface area contributed by atoms with Crippen molar-refractivity contribution in [2.24, 2.45) is 0 Å². The fourth-order valence-electron chi connectivity index (χ4n) is 3.23. The van der Waals surface area contributed by atoms with Gasteiger partial charge in [0.2, 0.25) is 5.95 Å². The molecule has 6 nitrogen and oxygen atoms in total. The van der Waals surface area contributed by atoms with Crippen LogP contribution in [-0.2, 0) is 13.0 Å². The largest absolute Gasteiger partial charge is 0.310 e. The van der Waals surface area contributed by atoms with Crippen molar-refractivity contribution in [3.63, 3.8) is 0 Å². The number of anilines is 1. The number of pyridine rings is 2. The second-order valence-corrected chi connectivity index (χ2v) is 7.20. The highest BCUT2D eigenvalue weighted by Crippen LogP contribution is 2.21. The van der Waals surface area contributed by atoms with Gasteiger partial charge in [-0.1, -0.05) is 38.1 Å². The number of nitrogens with zero attached hydrogens (tertiary/aromatic N) is 4. The topological polar surface area (TPSA) is 72.7 Å². The molecule has 1 aromatic carbocycles. The fourth-order valence-corrected chi connectivity index (χ4v) is 3.23. The summed E-state index contributed by atoms with van der Waals surface area (Å²) in [5.74, 6) is 0.511. The molecule has 3 aromatic heterocycles. The number of benzene rings is 1. The molecule has 3 heterocycles. The van der Waals surface area contributed by atoms with E-state index in [1.165, 1.54) is 0 Å². The van der Waals surface area contributed by atoms with E-state index in [9.17, 15) is 4.79 Å². The Balaban J connectivity index is 1.62. The fraction of sp³-hybridized carbons (Fsp3) is 0.217. The maximum atomic E-state index is 12.9. The van der Waals surface area contributed by atoms with Gasteiger partial charge in [-0.15, -0.1) is 0 Å². The van der Waals surface area contributed by atoms with Crippen molar-refractivity contribution < 1.29 is 4.79 Å². The molecule has 0 aliphatic rings. The first-order chi connectivity index (χ1) is 14.1. The average molecular weight is 385 g/mol. The summed E-state index contributed by atoms with van der Waals surface area (Å²) >= 11 is 0. The molecule has 0 aliphatic heterocycles. The van der Waals surface area contributed by atoms with E-state index >= 15 is 0 Å². The first-order valence-electron chi connectivity index (χ1n) is 9.75.